The van der Waals surface area contributed by atoms with Gasteiger partial charge in [-0.2, -0.15) is 0 Å². The molecule has 0 aromatic carbocycles. The number of carbonyl (C=O) groups excluding carboxylic acids is 1. The Labute approximate surface area is 108 Å². The lowest BCUT2D eigenvalue weighted by atomic mass is 9.89. The van der Waals surface area contributed by atoms with Crippen LogP contribution in [0.3, 0.4) is 0 Å². The van der Waals surface area contributed by atoms with Gasteiger partial charge in [-0.15, -0.1) is 11.6 Å². The van der Waals surface area contributed by atoms with E-state index < -0.39 is 21.0 Å². The number of hydrogen-bond donors (Lipinski definition) is 1. The van der Waals surface area contributed by atoms with E-state index in [1.807, 2.05) is 0 Å². The van der Waals surface area contributed by atoms with Crippen molar-refractivity contribution in [1.82, 2.24) is 5.32 Å². The monoisotopic (exact) mass is 281 g/mol. The van der Waals surface area contributed by atoms with E-state index in [4.69, 9.17) is 11.6 Å². The van der Waals surface area contributed by atoms with Gasteiger partial charge in [-0.1, -0.05) is 0 Å². The predicted molar refractivity (Wildman–Crippen MR) is 68.9 cm³/mol. The molecule has 1 amide bonds. The highest BCUT2D eigenvalue weighted by molar-refractivity contribution is 7.92. The molecule has 0 spiro atoms. The molecule has 1 atom stereocenters. The molecule has 0 aliphatic heterocycles. The van der Waals surface area contributed by atoms with Crippen LogP contribution in [0.2, 0.25) is 0 Å². The summed E-state index contributed by atoms with van der Waals surface area (Å²) in [5, 5.41) is 2.01. The van der Waals surface area contributed by atoms with Crippen LogP contribution in [0.4, 0.5) is 0 Å². The Bertz CT molecular complexity index is 361. The molecule has 1 fully saturated rings. The fourth-order valence-electron chi connectivity index (χ4n) is 1.91. The fourth-order valence-corrected chi connectivity index (χ4v) is 2.63. The maximum Gasteiger partial charge on any atom is 0.238 e. The molecule has 0 radical (unpaired) electrons. The van der Waals surface area contributed by atoms with Gasteiger partial charge in [0.15, 0.2) is 9.84 Å². The quantitative estimate of drug-likeness (QED) is 0.791. The van der Waals surface area contributed by atoms with Crippen molar-refractivity contribution in [1.29, 1.82) is 0 Å². The predicted octanol–water partition coefficient (Wildman–Crippen LogP) is 1.33. The lowest BCUT2D eigenvalue weighted by Gasteiger charge is -2.25. The van der Waals surface area contributed by atoms with E-state index in [1.165, 1.54) is 6.92 Å². The maximum absolute atomic E-state index is 11.6. The summed E-state index contributed by atoms with van der Waals surface area (Å²) >= 11 is 5.99. The zero-order chi connectivity index (χ0) is 13.1. The Balaban J connectivity index is 2.34. The smallest absolute Gasteiger partial charge is 0.238 e. The molecule has 1 saturated carbocycles. The van der Waals surface area contributed by atoms with Crippen molar-refractivity contribution >= 4 is 27.3 Å². The Kier molecular flexibility index (Phi) is 5.25. The largest absolute Gasteiger partial charge is 0.355 e. The van der Waals surface area contributed by atoms with E-state index in [-0.39, 0.29) is 5.38 Å². The average Bonchev–Trinajstić information content (AvgIpc) is 2.25. The number of alkyl halides is 1. The van der Waals surface area contributed by atoms with Gasteiger partial charge in [0, 0.05) is 18.2 Å². The van der Waals surface area contributed by atoms with Crippen LogP contribution in [0.5, 0.6) is 0 Å². The average molecular weight is 282 g/mol. The van der Waals surface area contributed by atoms with Crippen LogP contribution in [0.25, 0.3) is 0 Å². The number of halogens is 1. The standard InChI is InChI=1S/C11H20ClNO3S/c1-8(17(2,15)16)11(14)13-7-9-3-5-10(12)6-4-9/h8-10H,3-7H2,1-2H3,(H,13,14). The van der Waals surface area contributed by atoms with Gasteiger partial charge in [-0.05, 0) is 38.5 Å². The fraction of sp³-hybridized carbons (Fsp3) is 0.909. The zero-order valence-corrected chi connectivity index (χ0v) is 11.9. The summed E-state index contributed by atoms with van der Waals surface area (Å²) in [6, 6.07) is 0. The van der Waals surface area contributed by atoms with Crippen molar-refractivity contribution in [2.45, 2.75) is 43.2 Å². The lowest BCUT2D eigenvalue weighted by Crippen LogP contribution is -2.40. The molecule has 0 aromatic rings. The first kappa shape index (κ1) is 14.8. The third-order valence-corrected chi connectivity index (χ3v) is 5.29. The SMILES string of the molecule is CC(C(=O)NCC1CCC(Cl)CC1)S(C)(=O)=O. The topological polar surface area (TPSA) is 63.2 Å². The van der Waals surface area contributed by atoms with Crippen molar-refractivity contribution in [2.24, 2.45) is 5.92 Å². The van der Waals surface area contributed by atoms with Gasteiger partial charge in [0.2, 0.25) is 5.91 Å². The zero-order valence-electron chi connectivity index (χ0n) is 10.3. The van der Waals surface area contributed by atoms with Crippen LogP contribution in [0.15, 0.2) is 0 Å². The lowest BCUT2D eigenvalue weighted by molar-refractivity contribution is -0.120. The molecule has 1 rings (SSSR count). The summed E-state index contributed by atoms with van der Waals surface area (Å²) in [5.74, 6) is 0.0289. The molecular weight excluding hydrogens is 262 g/mol. The molecule has 100 valence electrons. The van der Waals surface area contributed by atoms with Gasteiger partial charge >= 0.3 is 0 Å². The molecule has 0 aromatic heterocycles. The first-order valence-corrected chi connectivity index (χ1v) is 8.30. The minimum Gasteiger partial charge on any atom is -0.355 e. The van der Waals surface area contributed by atoms with Crippen molar-refractivity contribution in [3.05, 3.63) is 0 Å². The van der Waals surface area contributed by atoms with Gasteiger partial charge in [0.05, 0.1) is 0 Å². The van der Waals surface area contributed by atoms with Gasteiger partial charge in [-0.25, -0.2) is 8.42 Å². The summed E-state index contributed by atoms with van der Waals surface area (Å²) in [6.45, 7) is 1.97. The van der Waals surface area contributed by atoms with Crippen LogP contribution >= 0.6 is 11.6 Å². The number of nitrogens with one attached hydrogen (secondary N) is 1. The Morgan fingerprint density at radius 3 is 2.35 bits per heavy atom. The minimum atomic E-state index is -3.30. The van der Waals surface area contributed by atoms with Crippen molar-refractivity contribution in [3.63, 3.8) is 0 Å². The van der Waals surface area contributed by atoms with Crippen LogP contribution in [-0.4, -0.2) is 37.8 Å². The Morgan fingerprint density at radius 1 is 1.35 bits per heavy atom. The molecular formula is C11H20ClNO3S. The molecule has 4 nitrogen and oxygen atoms in total. The number of hydrogen-bond acceptors (Lipinski definition) is 3. The van der Waals surface area contributed by atoms with Gasteiger partial charge in [-0.3, -0.25) is 4.79 Å². The van der Waals surface area contributed by atoms with Crippen molar-refractivity contribution in [3.8, 4) is 0 Å². The Hall–Kier alpha value is -0.290. The number of rotatable bonds is 4. The summed E-state index contributed by atoms with van der Waals surface area (Å²) in [6.07, 6.45) is 5.03. The van der Waals surface area contributed by atoms with Gasteiger partial charge < -0.3 is 5.32 Å². The number of sulfone groups is 1. The highest BCUT2D eigenvalue weighted by Gasteiger charge is 2.25. The normalized spacial score (nSPS) is 27.5. The maximum atomic E-state index is 11.6. The number of carbonyl (C=O) groups is 1. The molecule has 0 heterocycles. The Morgan fingerprint density at radius 2 is 1.88 bits per heavy atom. The van der Waals surface area contributed by atoms with Crippen LogP contribution in [-0.2, 0) is 14.6 Å². The van der Waals surface area contributed by atoms with Gasteiger partial charge in [0.25, 0.3) is 0 Å². The van der Waals surface area contributed by atoms with Crippen molar-refractivity contribution < 1.29 is 13.2 Å². The molecule has 0 bridgehead atoms. The van der Waals surface area contributed by atoms with Crippen molar-refractivity contribution in [2.75, 3.05) is 12.8 Å². The van der Waals surface area contributed by atoms with Crippen LogP contribution < -0.4 is 5.32 Å². The molecule has 6 heteroatoms. The van der Waals surface area contributed by atoms with E-state index in [1.54, 1.807) is 0 Å². The summed E-state index contributed by atoms with van der Waals surface area (Å²) < 4.78 is 22.4. The van der Waals surface area contributed by atoms with Crippen LogP contribution in [0.1, 0.15) is 32.6 Å². The van der Waals surface area contributed by atoms with Gasteiger partial charge in [0.1, 0.15) is 5.25 Å². The molecule has 0 saturated heterocycles. The first-order valence-electron chi connectivity index (χ1n) is 5.91. The first-order chi connectivity index (χ1) is 7.80. The summed E-state index contributed by atoms with van der Waals surface area (Å²) in [7, 11) is -3.30. The molecule has 1 aliphatic rings. The van der Waals surface area contributed by atoms with E-state index in [9.17, 15) is 13.2 Å². The number of amides is 1. The van der Waals surface area contributed by atoms with E-state index >= 15 is 0 Å². The minimum absolute atomic E-state index is 0.261. The molecule has 1 unspecified atom stereocenters. The third-order valence-electron chi connectivity index (χ3n) is 3.35. The molecule has 1 N–H and O–H groups in total. The van der Waals surface area contributed by atoms with E-state index in [0.717, 1.165) is 31.9 Å². The summed E-state index contributed by atoms with van der Waals surface area (Å²) in [4.78, 5) is 11.6. The second kappa shape index (κ2) is 6.05. The highest BCUT2D eigenvalue weighted by atomic mass is 35.5. The van der Waals surface area contributed by atoms with E-state index in [0.29, 0.717) is 12.5 Å². The van der Waals surface area contributed by atoms with Crippen LogP contribution in [0, 0.1) is 5.92 Å². The summed E-state index contributed by atoms with van der Waals surface area (Å²) in [5.41, 5.74) is 0. The molecule has 1 aliphatic carbocycles. The molecule has 17 heavy (non-hydrogen) atoms. The van der Waals surface area contributed by atoms with E-state index in [2.05, 4.69) is 5.32 Å². The third kappa shape index (κ3) is 4.84. The second-order valence-electron chi connectivity index (χ2n) is 4.83. The second-order valence-corrected chi connectivity index (χ2v) is 7.82. The highest BCUT2D eigenvalue weighted by Crippen LogP contribution is 2.26.